The van der Waals surface area contributed by atoms with E-state index in [0.29, 0.717) is 32.1 Å². The molecule has 1 unspecified atom stereocenters. The monoisotopic (exact) mass is 329 g/mol. The Labute approximate surface area is 142 Å². The molecule has 0 fully saturated rings. The molecule has 6 nitrogen and oxygen atoms in total. The van der Waals surface area contributed by atoms with Crippen molar-refractivity contribution in [3.8, 4) is 6.07 Å². The molecule has 1 aliphatic carbocycles. The van der Waals surface area contributed by atoms with E-state index in [-0.39, 0.29) is 23.0 Å². The molecule has 2 amide bonds. The van der Waals surface area contributed by atoms with Gasteiger partial charge in [0.05, 0.1) is 11.8 Å². The molecule has 0 spiro atoms. The highest BCUT2D eigenvalue weighted by Crippen LogP contribution is 2.27. The Kier molecular flexibility index (Phi) is 7.63. The van der Waals surface area contributed by atoms with Crippen molar-refractivity contribution in [1.82, 2.24) is 5.32 Å². The van der Waals surface area contributed by atoms with E-state index in [0.717, 1.165) is 5.57 Å². The first-order valence-corrected chi connectivity index (χ1v) is 7.92. The molecule has 0 aromatic carbocycles. The van der Waals surface area contributed by atoms with Crippen molar-refractivity contribution in [2.45, 2.75) is 39.5 Å². The van der Waals surface area contributed by atoms with Gasteiger partial charge in [0.2, 0.25) is 12.3 Å². The maximum absolute atomic E-state index is 12.9. The van der Waals surface area contributed by atoms with Crippen LogP contribution in [0.3, 0.4) is 0 Å². The van der Waals surface area contributed by atoms with Crippen molar-refractivity contribution < 1.29 is 14.4 Å². The molecule has 0 aliphatic heterocycles. The summed E-state index contributed by atoms with van der Waals surface area (Å²) in [6.45, 7) is 3.48. The van der Waals surface area contributed by atoms with Gasteiger partial charge in [-0.05, 0) is 25.2 Å². The van der Waals surface area contributed by atoms with E-state index in [9.17, 15) is 14.4 Å². The third-order valence-corrected chi connectivity index (χ3v) is 3.89. The number of amides is 2. The minimum atomic E-state index is -0.716. The zero-order valence-electron chi connectivity index (χ0n) is 14.0. The lowest BCUT2D eigenvalue weighted by Gasteiger charge is -2.19. The first kappa shape index (κ1) is 19.4. The van der Waals surface area contributed by atoms with Gasteiger partial charge in [-0.3, -0.25) is 14.4 Å². The summed E-state index contributed by atoms with van der Waals surface area (Å²) in [6, 6.07) is 2.09. The van der Waals surface area contributed by atoms with E-state index < -0.39 is 11.8 Å². The summed E-state index contributed by atoms with van der Waals surface area (Å²) in [4.78, 5) is 35.5. The summed E-state index contributed by atoms with van der Waals surface area (Å²) >= 11 is 0. The molecule has 0 bridgehead atoms. The van der Waals surface area contributed by atoms with Crippen LogP contribution in [0.5, 0.6) is 0 Å². The smallest absolute Gasteiger partial charge is 0.247 e. The van der Waals surface area contributed by atoms with Crippen LogP contribution in [-0.2, 0) is 14.4 Å². The van der Waals surface area contributed by atoms with E-state index in [2.05, 4.69) is 11.4 Å². The van der Waals surface area contributed by atoms with Crippen molar-refractivity contribution in [1.29, 1.82) is 5.26 Å². The Morgan fingerprint density at radius 3 is 2.75 bits per heavy atom. The Hall–Kier alpha value is -2.68. The minimum absolute atomic E-state index is 0.0209. The molecular formula is C18H23N3O3. The van der Waals surface area contributed by atoms with Crippen LogP contribution >= 0.6 is 0 Å². The maximum Gasteiger partial charge on any atom is 0.247 e. The lowest BCUT2D eigenvalue weighted by molar-refractivity contribution is -0.122. The number of carbonyl (C=O) groups excluding carboxylic acids is 3. The predicted octanol–water partition coefficient (Wildman–Crippen LogP) is 1.89. The molecule has 6 heteroatoms. The van der Waals surface area contributed by atoms with E-state index in [1.54, 1.807) is 13.8 Å². The highest BCUT2D eigenvalue weighted by Gasteiger charge is 2.28. The molecule has 1 rings (SSSR count). The average molecular weight is 329 g/mol. The summed E-state index contributed by atoms with van der Waals surface area (Å²) in [7, 11) is 0. The van der Waals surface area contributed by atoms with Crippen molar-refractivity contribution in [3.05, 3.63) is 35.1 Å². The number of carbonyl (C=O) groups is 3. The van der Waals surface area contributed by atoms with Crippen LogP contribution in [0.15, 0.2) is 35.1 Å². The molecule has 1 aliphatic rings. The Morgan fingerprint density at radius 2 is 2.21 bits per heavy atom. The number of hydrogen-bond donors (Lipinski definition) is 2. The van der Waals surface area contributed by atoms with Gasteiger partial charge in [0.15, 0.2) is 5.78 Å². The van der Waals surface area contributed by atoms with Gasteiger partial charge in [0.1, 0.15) is 0 Å². The number of nitrogens with one attached hydrogen (secondary N) is 1. The van der Waals surface area contributed by atoms with Gasteiger partial charge in [-0.2, -0.15) is 5.26 Å². The molecule has 24 heavy (non-hydrogen) atoms. The van der Waals surface area contributed by atoms with Crippen molar-refractivity contribution in [2.75, 3.05) is 0 Å². The second kappa shape index (κ2) is 9.46. The van der Waals surface area contributed by atoms with Crippen LogP contribution in [0.2, 0.25) is 0 Å². The second-order valence-electron chi connectivity index (χ2n) is 5.98. The van der Waals surface area contributed by atoms with Crippen LogP contribution in [0.1, 0.15) is 39.5 Å². The highest BCUT2D eigenvalue weighted by molar-refractivity contribution is 6.07. The van der Waals surface area contributed by atoms with Crippen molar-refractivity contribution in [2.24, 2.45) is 17.6 Å². The SMILES string of the molecule is CC(C)/C(C(N)=O)=C(/NC=O)C(=O)C1CC=CC=C(CCC#N)C1. The molecular weight excluding hydrogens is 306 g/mol. The van der Waals surface area contributed by atoms with Crippen LogP contribution in [0, 0.1) is 23.2 Å². The predicted molar refractivity (Wildman–Crippen MR) is 90.1 cm³/mol. The summed E-state index contributed by atoms with van der Waals surface area (Å²) < 4.78 is 0. The Bertz CT molecular complexity index is 636. The van der Waals surface area contributed by atoms with Crippen molar-refractivity contribution >= 4 is 18.1 Å². The van der Waals surface area contributed by atoms with Gasteiger partial charge in [-0.25, -0.2) is 0 Å². The number of primary amides is 1. The first-order valence-electron chi connectivity index (χ1n) is 7.92. The first-order chi connectivity index (χ1) is 11.4. The Balaban J connectivity index is 3.15. The maximum atomic E-state index is 12.9. The van der Waals surface area contributed by atoms with Crippen molar-refractivity contribution in [3.63, 3.8) is 0 Å². The minimum Gasteiger partial charge on any atom is -0.366 e. The molecule has 0 aromatic rings. The fourth-order valence-corrected chi connectivity index (χ4v) is 2.76. The lowest BCUT2D eigenvalue weighted by atomic mass is 9.87. The quantitative estimate of drug-likeness (QED) is 0.523. The number of nitrogens with two attached hydrogens (primary N) is 1. The van der Waals surface area contributed by atoms with Crippen LogP contribution in [-0.4, -0.2) is 18.1 Å². The van der Waals surface area contributed by atoms with E-state index in [1.807, 2.05) is 18.2 Å². The Morgan fingerprint density at radius 1 is 1.50 bits per heavy atom. The average Bonchev–Trinajstić information content (AvgIpc) is 2.76. The number of ketones is 1. The lowest BCUT2D eigenvalue weighted by Crippen LogP contribution is -2.32. The molecule has 0 saturated carbocycles. The second-order valence-corrected chi connectivity index (χ2v) is 5.98. The molecule has 128 valence electrons. The zero-order chi connectivity index (χ0) is 18.1. The standard InChI is InChI=1S/C18H23N3O3/c1-12(2)15(18(20)24)16(21-11-22)17(23)14-8-4-3-6-13(10-14)7-5-9-19/h3-4,6,11-12,14H,5,7-8,10H2,1-2H3,(H2,20,24)(H,21,22)/b16-15-. The van der Waals surface area contributed by atoms with Gasteiger partial charge in [0.25, 0.3) is 0 Å². The fourth-order valence-electron chi connectivity index (χ4n) is 2.76. The number of nitriles is 1. The topological polar surface area (TPSA) is 113 Å². The summed E-state index contributed by atoms with van der Waals surface area (Å²) in [6.07, 6.45) is 8.01. The molecule has 0 saturated heterocycles. The van der Waals surface area contributed by atoms with Gasteiger partial charge in [-0.15, -0.1) is 0 Å². The number of Topliss-reactive ketones (excluding diaryl/α,β-unsaturated/α-hetero) is 1. The largest absolute Gasteiger partial charge is 0.366 e. The molecule has 0 radical (unpaired) electrons. The molecule has 1 atom stereocenters. The number of allylic oxidation sites excluding steroid dienone is 5. The number of nitrogens with zero attached hydrogens (tertiary/aromatic N) is 1. The fraction of sp³-hybridized carbons (Fsp3) is 0.444. The third-order valence-electron chi connectivity index (χ3n) is 3.89. The third kappa shape index (κ3) is 5.20. The van der Waals surface area contributed by atoms with Crippen LogP contribution in [0.25, 0.3) is 0 Å². The summed E-state index contributed by atoms with van der Waals surface area (Å²) in [5.74, 6) is -1.71. The van der Waals surface area contributed by atoms with E-state index >= 15 is 0 Å². The summed E-state index contributed by atoms with van der Waals surface area (Å²) in [5, 5.41) is 11.1. The van der Waals surface area contributed by atoms with Crippen LogP contribution in [0.4, 0.5) is 0 Å². The number of rotatable bonds is 8. The van der Waals surface area contributed by atoms with Gasteiger partial charge < -0.3 is 11.1 Å². The normalized spacial score (nSPS) is 18.1. The summed E-state index contributed by atoms with van der Waals surface area (Å²) in [5.41, 5.74) is 6.50. The van der Waals surface area contributed by atoms with Crippen LogP contribution < -0.4 is 11.1 Å². The molecule has 3 N–H and O–H groups in total. The highest BCUT2D eigenvalue weighted by atomic mass is 16.2. The zero-order valence-corrected chi connectivity index (χ0v) is 14.0. The van der Waals surface area contributed by atoms with E-state index in [1.165, 1.54) is 0 Å². The van der Waals surface area contributed by atoms with Gasteiger partial charge in [0, 0.05) is 17.9 Å². The van der Waals surface area contributed by atoms with E-state index in [4.69, 9.17) is 11.0 Å². The number of hydrogen-bond acceptors (Lipinski definition) is 4. The van der Waals surface area contributed by atoms with Gasteiger partial charge >= 0.3 is 0 Å². The molecule has 0 aromatic heterocycles. The molecule has 0 heterocycles. The van der Waals surface area contributed by atoms with Gasteiger partial charge in [-0.1, -0.05) is 37.6 Å².